The fourth-order valence-electron chi connectivity index (χ4n) is 1.91. The molecule has 0 unspecified atom stereocenters. The first-order chi connectivity index (χ1) is 9.29. The molecular formula is C14H16BrN3OS. The molecule has 0 radical (unpaired) electrons. The number of carbonyl (C=O) groups excluding carboxylic acids is 1. The van der Waals surface area contributed by atoms with Crippen molar-refractivity contribution in [1.82, 2.24) is 10.3 Å². The highest BCUT2D eigenvalue weighted by molar-refractivity contribution is 9.10. The molecule has 1 amide bonds. The summed E-state index contributed by atoms with van der Waals surface area (Å²) in [5.74, 6) is -0.149. The number of aromatic nitrogens is 1. The summed E-state index contributed by atoms with van der Waals surface area (Å²) in [4.78, 5) is 17.0. The van der Waals surface area contributed by atoms with Gasteiger partial charge in [0.25, 0.3) is 5.91 Å². The lowest BCUT2D eigenvalue weighted by Crippen LogP contribution is -2.40. The highest BCUT2D eigenvalue weighted by Crippen LogP contribution is 2.25. The van der Waals surface area contributed by atoms with Gasteiger partial charge in [0.2, 0.25) is 0 Å². The molecular weight excluding hydrogens is 338 g/mol. The summed E-state index contributed by atoms with van der Waals surface area (Å²) in [6, 6.07) is 7.88. The van der Waals surface area contributed by atoms with Crippen LogP contribution in [-0.4, -0.2) is 10.9 Å². The van der Waals surface area contributed by atoms with E-state index in [0.29, 0.717) is 15.7 Å². The van der Waals surface area contributed by atoms with Crippen LogP contribution in [0.2, 0.25) is 0 Å². The summed E-state index contributed by atoms with van der Waals surface area (Å²) in [5.41, 5.74) is 6.86. The third-order valence-electron chi connectivity index (χ3n) is 3.01. The number of hydrogen-bond donors (Lipinski definition) is 2. The minimum Gasteiger partial charge on any atom is -0.375 e. The maximum Gasteiger partial charge on any atom is 0.264 e. The predicted octanol–water partition coefficient (Wildman–Crippen LogP) is 3.46. The van der Waals surface area contributed by atoms with Crippen LogP contribution in [0.3, 0.4) is 0 Å². The topological polar surface area (TPSA) is 68.0 Å². The van der Waals surface area contributed by atoms with Gasteiger partial charge in [-0.05, 0) is 38.5 Å². The zero-order valence-corrected chi connectivity index (χ0v) is 13.9. The van der Waals surface area contributed by atoms with Crippen molar-refractivity contribution in [2.75, 3.05) is 5.73 Å². The Morgan fingerprint density at radius 1 is 1.35 bits per heavy atom. The summed E-state index contributed by atoms with van der Waals surface area (Å²) in [6.45, 7) is 5.72. The van der Waals surface area contributed by atoms with Crippen LogP contribution < -0.4 is 11.1 Å². The molecule has 20 heavy (non-hydrogen) atoms. The number of nitrogen functional groups attached to an aromatic ring is 1. The molecule has 1 aromatic carbocycles. The molecule has 0 bridgehead atoms. The van der Waals surface area contributed by atoms with Gasteiger partial charge in [-0.15, -0.1) is 0 Å². The summed E-state index contributed by atoms with van der Waals surface area (Å²) < 4.78 is 1.01. The first-order valence-electron chi connectivity index (χ1n) is 6.11. The van der Waals surface area contributed by atoms with Crippen LogP contribution >= 0.6 is 27.3 Å². The van der Waals surface area contributed by atoms with Crippen molar-refractivity contribution in [2.45, 2.75) is 26.3 Å². The Bertz CT molecular complexity index is 634. The van der Waals surface area contributed by atoms with Gasteiger partial charge in [0.05, 0.1) is 11.2 Å². The van der Waals surface area contributed by atoms with Crippen molar-refractivity contribution in [1.29, 1.82) is 0 Å². The maximum atomic E-state index is 12.3. The Morgan fingerprint density at radius 3 is 2.45 bits per heavy atom. The molecule has 2 aromatic rings. The predicted molar refractivity (Wildman–Crippen MR) is 85.9 cm³/mol. The zero-order chi connectivity index (χ0) is 14.9. The van der Waals surface area contributed by atoms with Gasteiger partial charge in [0.1, 0.15) is 4.88 Å². The Balaban J connectivity index is 2.21. The second-order valence-electron chi connectivity index (χ2n) is 5.05. The van der Waals surface area contributed by atoms with Gasteiger partial charge in [-0.1, -0.05) is 39.4 Å². The van der Waals surface area contributed by atoms with Crippen molar-refractivity contribution < 1.29 is 4.79 Å². The highest BCUT2D eigenvalue weighted by Gasteiger charge is 2.25. The maximum absolute atomic E-state index is 12.3. The summed E-state index contributed by atoms with van der Waals surface area (Å²) in [6.07, 6.45) is 0. The van der Waals surface area contributed by atoms with E-state index in [2.05, 4.69) is 26.2 Å². The standard InChI is InChI=1S/C14H16BrN3OS/c1-8-11(20-13(16)17-8)12(19)18-14(2,3)9-4-6-10(15)7-5-9/h4-7H,1-3H3,(H2,16,17)(H,18,19). The second-order valence-corrected chi connectivity index (χ2v) is 7.00. The first-order valence-corrected chi connectivity index (χ1v) is 7.72. The Morgan fingerprint density at radius 2 is 1.95 bits per heavy atom. The lowest BCUT2D eigenvalue weighted by Gasteiger charge is -2.26. The zero-order valence-electron chi connectivity index (χ0n) is 11.5. The Labute approximate surface area is 130 Å². The molecule has 0 fully saturated rings. The molecule has 0 aliphatic rings. The van der Waals surface area contributed by atoms with Gasteiger partial charge >= 0.3 is 0 Å². The minimum atomic E-state index is -0.469. The first kappa shape index (κ1) is 15.0. The van der Waals surface area contributed by atoms with Crippen LogP contribution in [0.1, 0.15) is 34.8 Å². The van der Waals surface area contributed by atoms with Crippen LogP contribution in [0.25, 0.3) is 0 Å². The third-order valence-corrected chi connectivity index (χ3v) is 4.53. The van der Waals surface area contributed by atoms with Crippen LogP contribution in [0.4, 0.5) is 5.13 Å². The number of nitrogens with zero attached hydrogens (tertiary/aromatic N) is 1. The van der Waals surface area contributed by atoms with E-state index >= 15 is 0 Å². The monoisotopic (exact) mass is 353 g/mol. The number of aryl methyl sites for hydroxylation is 1. The van der Waals surface area contributed by atoms with Gasteiger partial charge < -0.3 is 11.1 Å². The molecule has 1 heterocycles. The van der Waals surface area contributed by atoms with Crippen LogP contribution in [0.5, 0.6) is 0 Å². The van der Waals surface area contributed by atoms with Crippen molar-refractivity contribution in [3.8, 4) is 0 Å². The summed E-state index contributed by atoms with van der Waals surface area (Å²) in [7, 11) is 0. The molecule has 6 heteroatoms. The number of nitrogens with one attached hydrogen (secondary N) is 1. The average molecular weight is 354 g/mol. The molecule has 0 aliphatic carbocycles. The number of benzene rings is 1. The smallest absolute Gasteiger partial charge is 0.264 e. The molecule has 106 valence electrons. The number of nitrogens with two attached hydrogens (primary N) is 1. The number of thiazole rings is 1. The fraction of sp³-hybridized carbons (Fsp3) is 0.286. The summed E-state index contributed by atoms with van der Waals surface area (Å²) >= 11 is 4.61. The van der Waals surface area contributed by atoms with E-state index in [0.717, 1.165) is 10.0 Å². The van der Waals surface area contributed by atoms with Gasteiger partial charge in [-0.25, -0.2) is 4.98 Å². The lowest BCUT2D eigenvalue weighted by atomic mass is 9.94. The highest BCUT2D eigenvalue weighted by atomic mass is 79.9. The molecule has 3 N–H and O–H groups in total. The largest absolute Gasteiger partial charge is 0.375 e. The van der Waals surface area contributed by atoms with E-state index in [4.69, 9.17) is 5.73 Å². The van der Waals surface area contributed by atoms with E-state index in [1.54, 1.807) is 6.92 Å². The van der Waals surface area contributed by atoms with Crippen molar-refractivity contribution in [2.24, 2.45) is 0 Å². The number of halogens is 1. The Hall–Kier alpha value is -1.40. The van der Waals surface area contributed by atoms with Crippen molar-refractivity contribution in [3.05, 3.63) is 44.9 Å². The van der Waals surface area contributed by atoms with Gasteiger partial charge in [0.15, 0.2) is 5.13 Å². The number of carbonyl (C=O) groups is 1. The van der Waals surface area contributed by atoms with E-state index in [1.807, 2.05) is 38.1 Å². The van der Waals surface area contributed by atoms with Crippen molar-refractivity contribution in [3.63, 3.8) is 0 Å². The van der Waals surface area contributed by atoms with Gasteiger partial charge in [0, 0.05) is 4.47 Å². The number of rotatable bonds is 3. The lowest BCUT2D eigenvalue weighted by molar-refractivity contribution is 0.0915. The second kappa shape index (κ2) is 5.54. The van der Waals surface area contributed by atoms with E-state index in [-0.39, 0.29) is 5.91 Å². The van der Waals surface area contributed by atoms with Crippen molar-refractivity contribution >= 4 is 38.3 Å². The molecule has 4 nitrogen and oxygen atoms in total. The number of anilines is 1. The molecule has 2 rings (SSSR count). The average Bonchev–Trinajstić information content (AvgIpc) is 2.68. The van der Waals surface area contributed by atoms with Gasteiger partial charge in [-0.3, -0.25) is 4.79 Å². The number of amides is 1. The molecule has 0 spiro atoms. The van der Waals surface area contributed by atoms with Crippen LogP contribution in [0, 0.1) is 6.92 Å². The SMILES string of the molecule is Cc1nc(N)sc1C(=O)NC(C)(C)c1ccc(Br)cc1. The molecule has 0 saturated heterocycles. The van der Waals surface area contributed by atoms with Gasteiger partial charge in [-0.2, -0.15) is 0 Å². The van der Waals surface area contributed by atoms with E-state index in [1.165, 1.54) is 11.3 Å². The Kier molecular flexibility index (Phi) is 4.15. The molecule has 0 aliphatic heterocycles. The van der Waals surface area contributed by atoms with E-state index in [9.17, 15) is 4.79 Å². The minimum absolute atomic E-state index is 0.149. The number of hydrogen-bond acceptors (Lipinski definition) is 4. The van der Waals surface area contributed by atoms with Crippen LogP contribution in [-0.2, 0) is 5.54 Å². The molecule has 0 atom stereocenters. The summed E-state index contributed by atoms with van der Waals surface area (Å²) in [5, 5.41) is 3.43. The molecule has 1 aromatic heterocycles. The quantitative estimate of drug-likeness (QED) is 0.887. The fourth-order valence-corrected chi connectivity index (χ4v) is 2.90. The van der Waals surface area contributed by atoms with Crippen LogP contribution in [0.15, 0.2) is 28.7 Å². The van der Waals surface area contributed by atoms with E-state index < -0.39 is 5.54 Å². The molecule has 0 saturated carbocycles. The normalized spacial score (nSPS) is 11.4. The third kappa shape index (κ3) is 3.19.